The molecule has 5 heteroatoms. The van der Waals surface area contributed by atoms with Crippen molar-refractivity contribution in [3.8, 4) is 0 Å². The summed E-state index contributed by atoms with van der Waals surface area (Å²) in [6, 6.07) is 0. The summed E-state index contributed by atoms with van der Waals surface area (Å²) >= 11 is 0. The van der Waals surface area contributed by atoms with Gasteiger partial charge in [0, 0.05) is 0 Å². The Kier molecular flexibility index (Phi) is 23.0. The summed E-state index contributed by atoms with van der Waals surface area (Å²) < 4.78 is 8.88. The maximum atomic E-state index is 8.88. The first kappa shape index (κ1) is 31.3. The van der Waals surface area contributed by atoms with Crippen molar-refractivity contribution in [1.82, 2.24) is 0 Å². The third-order valence-electron chi connectivity index (χ3n) is 5.99. The van der Waals surface area contributed by atoms with E-state index in [0.29, 0.717) is 5.41 Å². The van der Waals surface area contributed by atoms with E-state index in [2.05, 4.69) is 27.7 Å². The van der Waals surface area contributed by atoms with Crippen LogP contribution in [-0.2, 0) is 4.57 Å². The second-order valence-corrected chi connectivity index (χ2v) is 9.93. The third-order valence-corrected chi connectivity index (χ3v) is 5.99. The van der Waals surface area contributed by atoms with E-state index >= 15 is 0 Å². The molecule has 4 nitrogen and oxygen atoms in total. The largest absolute Gasteiger partial charge is 0.466 e. The summed E-state index contributed by atoms with van der Waals surface area (Å²) in [6.07, 6.45) is 27.7. The lowest BCUT2D eigenvalue weighted by Gasteiger charge is -2.35. The van der Waals surface area contributed by atoms with Gasteiger partial charge in [0.1, 0.15) is 0 Å². The van der Waals surface area contributed by atoms with E-state index in [1.807, 2.05) is 0 Å². The van der Waals surface area contributed by atoms with Crippen molar-refractivity contribution in [3.63, 3.8) is 0 Å². The first-order chi connectivity index (χ1) is 13.7. The molecule has 0 aliphatic heterocycles. The molecule has 178 valence electrons. The lowest BCUT2D eigenvalue weighted by atomic mass is 9.71. The molecular formula is C24H53O4P. The second-order valence-electron chi connectivity index (χ2n) is 8.90. The van der Waals surface area contributed by atoms with Crippen LogP contribution in [0.4, 0.5) is 0 Å². The minimum Gasteiger partial charge on any atom is -0.303 e. The van der Waals surface area contributed by atoms with Gasteiger partial charge in [-0.15, -0.1) is 0 Å². The molecule has 0 aliphatic carbocycles. The monoisotopic (exact) mass is 436 g/mol. The standard InChI is InChI=1S/C24H50.H3O4P/c1-5-9-13-14-15-16-17-18-19-23-24(20-10-6-2,21-11-7-3)22-12-8-4;1-5(2,3)4/h5-23H2,1-4H3;(H3,1,2,3,4). The molecule has 29 heavy (non-hydrogen) atoms. The molecule has 0 bridgehead atoms. The zero-order valence-corrected chi connectivity index (χ0v) is 21.0. The Hall–Kier alpha value is 0.110. The number of rotatable bonds is 19. The van der Waals surface area contributed by atoms with Crippen LogP contribution in [-0.4, -0.2) is 14.7 Å². The Morgan fingerprint density at radius 2 is 0.724 bits per heavy atom. The summed E-state index contributed by atoms with van der Waals surface area (Å²) in [6.45, 7) is 9.40. The van der Waals surface area contributed by atoms with Crippen molar-refractivity contribution in [1.29, 1.82) is 0 Å². The van der Waals surface area contributed by atoms with Gasteiger partial charge in [-0.1, -0.05) is 124 Å². The van der Waals surface area contributed by atoms with Gasteiger partial charge in [-0.25, -0.2) is 4.57 Å². The van der Waals surface area contributed by atoms with E-state index in [1.165, 1.54) is 122 Å². The predicted octanol–water partition coefficient (Wildman–Crippen LogP) is 8.54. The van der Waals surface area contributed by atoms with Gasteiger partial charge >= 0.3 is 7.82 Å². The summed E-state index contributed by atoms with van der Waals surface area (Å²) in [5.74, 6) is 0. The van der Waals surface area contributed by atoms with Crippen LogP contribution >= 0.6 is 7.82 Å². The first-order valence-corrected chi connectivity index (χ1v) is 14.1. The van der Waals surface area contributed by atoms with Crippen molar-refractivity contribution < 1.29 is 19.2 Å². The molecule has 0 radical (unpaired) electrons. The van der Waals surface area contributed by atoms with Gasteiger partial charge in [0.25, 0.3) is 0 Å². The third kappa shape index (κ3) is 26.1. The molecule has 0 saturated carbocycles. The van der Waals surface area contributed by atoms with Crippen LogP contribution in [0.5, 0.6) is 0 Å². The van der Waals surface area contributed by atoms with Gasteiger partial charge < -0.3 is 14.7 Å². The molecule has 0 amide bonds. The summed E-state index contributed by atoms with van der Waals surface area (Å²) in [5.41, 5.74) is 0.698. The van der Waals surface area contributed by atoms with Crippen LogP contribution in [0.15, 0.2) is 0 Å². The molecular weight excluding hydrogens is 383 g/mol. The molecule has 0 aliphatic rings. The Balaban J connectivity index is 0. The maximum absolute atomic E-state index is 8.88. The maximum Gasteiger partial charge on any atom is 0.466 e. The van der Waals surface area contributed by atoms with Crippen molar-refractivity contribution in [2.45, 2.75) is 150 Å². The Bertz CT molecular complexity index is 338. The van der Waals surface area contributed by atoms with Gasteiger partial charge in [0.05, 0.1) is 0 Å². The highest BCUT2D eigenvalue weighted by Gasteiger charge is 2.27. The fraction of sp³-hybridized carbons (Fsp3) is 1.00. The van der Waals surface area contributed by atoms with E-state index in [1.54, 1.807) is 0 Å². The van der Waals surface area contributed by atoms with Gasteiger partial charge in [-0.05, 0) is 31.1 Å². The Labute approximate surface area is 182 Å². The molecule has 0 aromatic heterocycles. The number of hydrogen-bond donors (Lipinski definition) is 3. The Morgan fingerprint density at radius 3 is 1.03 bits per heavy atom. The minimum atomic E-state index is -4.64. The van der Waals surface area contributed by atoms with Crippen molar-refractivity contribution >= 4 is 7.82 Å². The molecule has 0 rings (SSSR count). The van der Waals surface area contributed by atoms with Crippen molar-refractivity contribution in [2.24, 2.45) is 5.41 Å². The topological polar surface area (TPSA) is 77.8 Å². The van der Waals surface area contributed by atoms with Crippen LogP contribution in [0.3, 0.4) is 0 Å². The number of hydrogen-bond acceptors (Lipinski definition) is 1. The van der Waals surface area contributed by atoms with Crippen molar-refractivity contribution in [3.05, 3.63) is 0 Å². The fourth-order valence-electron chi connectivity index (χ4n) is 4.22. The normalized spacial score (nSPS) is 12.0. The zero-order chi connectivity index (χ0) is 22.4. The first-order valence-electron chi connectivity index (χ1n) is 12.5. The summed E-state index contributed by atoms with van der Waals surface area (Å²) in [4.78, 5) is 21.6. The van der Waals surface area contributed by atoms with Gasteiger partial charge in [-0.3, -0.25) is 0 Å². The van der Waals surface area contributed by atoms with Gasteiger partial charge in [0.15, 0.2) is 0 Å². The molecule has 0 unspecified atom stereocenters. The lowest BCUT2D eigenvalue weighted by Crippen LogP contribution is -2.21. The minimum absolute atomic E-state index is 0.698. The summed E-state index contributed by atoms with van der Waals surface area (Å²) in [7, 11) is -4.64. The van der Waals surface area contributed by atoms with E-state index < -0.39 is 7.82 Å². The number of phosphoric acid groups is 1. The number of unbranched alkanes of at least 4 members (excludes halogenated alkanes) is 11. The zero-order valence-electron chi connectivity index (χ0n) is 20.1. The highest BCUT2D eigenvalue weighted by molar-refractivity contribution is 7.45. The van der Waals surface area contributed by atoms with Crippen molar-refractivity contribution in [2.75, 3.05) is 0 Å². The second kappa shape index (κ2) is 21.3. The molecule has 0 fully saturated rings. The van der Waals surface area contributed by atoms with Crippen LogP contribution < -0.4 is 0 Å². The molecule has 0 aromatic carbocycles. The van der Waals surface area contributed by atoms with E-state index in [9.17, 15) is 0 Å². The van der Waals surface area contributed by atoms with E-state index in [0.717, 1.165) is 0 Å². The van der Waals surface area contributed by atoms with Gasteiger partial charge in [0.2, 0.25) is 0 Å². The van der Waals surface area contributed by atoms with Crippen LogP contribution in [0.2, 0.25) is 0 Å². The quantitative estimate of drug-likeness (QED) is 0.140. The fourth-order valence-corrected chi connectivity index (χ4v) is 4.22. The van der Waals surface area contributed by atoms with E-state index in [-0.39, 0.29) is 0 Å². The summed E-state index contributed by atoms with van der Waals surface area (Å²) in [5, 5.41) is 0. The van der Waals surface area contributed by atoms with Crippen LogP contribution in [0.25, 0.3) is 0 Å². The average Bonchev–Trinajstić information content (AvgIpc) is 2.66. The van der Waals surface area contributed by atoms with Crippen LogP contribution in [0.1, 0.15) is 150 Å². The molecule has 0 spiro atoms. The Morgan fingerprint density at radius 1 is 0.483 bits per heavy atom. The average molecular weight is 437 g/mol. The van der Waals surface area contributed by atoms with Crippen LogP contribution in [0, 0.1) is 5.41 Å². The highest BCUT2D eigenvalue weighted by atomic mass is 31.2. The molecule has 0 aromatic rings. The molecule has 0 atom stereocenters. The molecule has 3 N–H and O–H groups in total. The lowest BCUT2D eigenvalue weighted by molar-refractivity contribution is 0.175. The predicted molar refractivity (Wildman–Crippen MR) is 127 cm³/mol. The van der Waals surface area contributed by atoms with E-state index in [4.69, 9.17) is 19.2 Å². The SMILES string of the molecule is CCCCCCCCCCCC(CCCC)(CCCC)CCCC.O=P(O)(O)O. The van der Waals surface area contributed by atoms with Gasteiger partial charge in [-0.2, -0.15) is 0 Å². The smallest absolute Gasteiger partial charge is 0.303 e. The molecule has 0 heterocycles. The molecule has 0 saturated heterocycles. The highest BCUT2D eigenvalue weighted by Crippen LogP contribution is 2.41.